The van der Waals surface area contributed by atoms with E-state index >= 15 is 0 Å². The molecule has 1 aromatic carbocycles. The summed E-state index contributed by atoms with van der Waals surface area (Å²) in [5.41, 5.74) is -0.317. The summed E-state index contributed by atoms with van der Waals surface area (Å²) in [4.78, 5) is 11.2. The summed E-state index contributed by atoms with van der Waals surface area (Å²) < 4.78 is 9.76. The predicted molar refractivity (Wildman–Crippen MR) is 68.2 cm³/mol. The second-order valence-corrected chi connectivity index (χ2v) is 4.41. The van der Waals surface area contributed by atoms with Gasteiger partial charge in [0.1, 0.15) is 0 Å². The van der Waals surface area contributed by atoms with Gasteiger partial charge in [-0.2, -0.15) is 0 Å². The molecule has 0 aromatic heterocycles. The number of hydrogen-bond donors (Lipinski definition) is 1. The summed E-state index contributed by atoms with van der Waals surface area (Å²) in [6.45, 7) is 1.84. The van der Waals surface area contributed by atoms with Crippen LogP contribution in [0.15, 0.2) is 30.3 Å². The molecule has 1 atom stereocenters. The van der Waals surface area contributed by atoms with Gasteiger partial charge in [0.05, 0.1) is 13.7 Å². The van der Waals surface area contributed by atoms with Crippen LogP contribution in [-0.2, 0) is 20.7 Å². The highest BCUT2D eigenvalue weighted by molar-refractivity contribution is 5.78. The maximum atomic E-state index is 11.2. The van der Waals surface area contributed by atoms with Crippen molar-refractivity contribution in [3.8, 4) is 0 Å². The zero-order valence-corrected chi connectivity index (χ0v) is 10.9. The van der Waals surface area contributed by atoms with Gasteiger partial charge in [-0.15, -0.1) is 0 Å². The summed E-state index contributed by atoms with van der Waals surface area (Å²) in [7, 11) is 1.24. The van der Waals surface area contributed by atoms with Crippen molar-refractivity contribution in [2.45, 2.75) is 25.4 Å². The topological polar surface area (TPSA) is 55.8 Å². The lowest BCUT2D eigenvalue weighted by molar-refractivity contribution is -0.166. The lowest BCUT2D eigenvalue weighted by Gasteiger charge is -2.19. The largest absolute Gasteiger partial charge is 0.467 e. The molecule has 0 bridgehead atoms. The van der Waals surface area contributed by atoms with E-state index in [0.29, 0.717) is 6.61 Å². The zero-order chi connectivity index (χ0) is 13.4. The fourth-order valence-electron chi connectivity index (χ4n) is 1.57. The molecule has 4 nitrogen and oxygen atoms in total. The second kappa shape index (κ2) is 7.13. The van der Waals surface area contributed by atoms with Crippen molar-refractivity contribution in [1.82, 2.24) is 0 Å². The van der Waals surface area contributed by atoms with Crippen molar-refractivity contribution in [3.05, 3.63) is 35.9 Å². The Labute approximate surface area is 108 Å². The normalized spacial score (nSPS) is 13.9. The highest BCUT2D eigenvalue weighted by atomic mass is 16.6. The molecule has 0 aliphatic rings. The van der Waals surface area contributed by atoms with E-state index in [2.05, 4.69) is 16.9 Å². The van der Waals surface area contributed by atoms with Gasteiger partial charge < -0.3 is 14.6 Å². The Morgan fingerprint density at radius 1 is 1.33 bits per heavy atom. The van der Waals surface area contributed by atoms with E-state index in [9.17, 15) is 9.90 Å². The molecule has 1 aromatic rings. The number of esters is 1. The molecule has 4 heteroatoms. The van der Waals surface area contributed by atoms with E-state index in [4.69, 9.17) is 4.74 Å². The molecular weight excluding hydrogens is 232 g/mol. The van der Waals surface area contributed by atoms with Gasteiger partial charge in [0.2, 0.25) is 0 Å². The Morgan fingerprint density at radius 3 is 2.61 bits per heavy atom. The van der Waals surface area contributed by atoms with Crippen molar-refractivity contribution in [1.29, 1.82) is 0 Å². The Balaban J connectivity index is 2.17. The van der Waals surface area contributed by atoms with Crippen molar-refractivity contribution in [3.63, 3.8) is 0 Å². The third kappa shape index (κ3) is 4.85. The molecule has 0 fully saturated rings. The maximum absolute atomic E-state index is 11.2. The van der Waals surface area contributed by atoms with E-state index < -0.39 is 11.6 Å². The molecule has 0 heterocycles. The average Bonchev–Trinajstić information content (AvgIpc) is 2.38. The van der Waals surface area contributed by atoms with Crippen molar-refractivity contribution >= 4 is 5.97 Å². The van der Waals surface area contributed by atoms with Crippen molar-refractivity contribution in [2.24, 2.45) is 0 Å². The van der Waals surface area contributed by atoms with Gasteiger partial charge in [-0.25, -0.2) is 4.79 Å². The Kier molecular flexibility index (Phi) is 5.82. The van der Waals surface area contributed by atoms with Crippen LogP contribution in [0.2, 0.25) is 0 Å². The number of aliphatic hydroxyl groups is 1. The summed E-state index contributed by atoms with van der Waals surface area (Å²) >= 11 is 0. The first-order valence-corrected chi connectivity index (χ1v) is 5.99. The molecule has 0 aliphatic carbocycles. The minimum absolute atomic E-state index is 0.0472. The molecule has 1 rings (SSSR count). The number of carbonyl (C=O) groups is 1. The summed E-state index contributed by atoms with van der Waals surface area (Å²) in [6, 6.07) is 10.1. The van der Waals surface area contributed by atoms with E-state index in [-0.39, 0.29) is 6.61 Å². The molecule has 0 amide bonds. The highest BCUT2D eigenvalue weighted by Gasteiger charge is 2.31. The number of methoxy groups -OCH3 is 1. The second-order valence-electron chi connectivity index (χ2n) is 4.41. The van der Waals surface area contributed by atoms with Gasteiger partial charge in [-0.05, 0) is 25.3 Å². The quantitative estimate of drug-likeness (QED) is 0.591. The molecule has 1 N–H and O–H groups in total. The number of aryl methyl sites for hydroxylation is 1. The number of ether oxygens (including phenoxy) is 2. The summed E-state index contributed by atoms with van der Waals surface area (Å²) in [5, 5.41) is 9.70. The average molecular weight is 252 g/mol. The molecule has 0 saturated carbocycles. The minimum atomic E-state index is -1.57. The van der Waals surface area contributed by atoms with Crippen molar-refractivity contribution < 1.29 is 19.4 Å². The Hall–Kier alpha value is -1.39. The predicted octanol–water partition coefficient (Wildman–Crippen LogP) is 1.56. The van der Waals surface area contributed by atoms with Gasteiger partial charge in [0.15, 0.2) is 5.60 Å². The van der Waals surface area contributed by atoms with Crippen LogP contribution in [0.4, 0.5) is 0 Å². The first-order valence-electron chi connectivity index (χ1n) is 5.99. The van der Waals surface area contributed by atoms with Gasteiger partial charge in [0, 0.05) is 6.61 Å². The number of hydrogen-bond acceptors (Lipinski definition) is 4. The Bertz CT molecular complexity index is 359. The fourth-order valence-corrected chi connectivity index (χ4v) is 1.57. The van der Waals surface area contributed by atoms with Gasteiger partial charge >= 0.3 is 5.97 Å². The number of rotatable bonds is 7. The fraction of sp³-hybridized carbons (Fsp3) is 0.500. The maximum Gasteiger partial charge on any atom is 0.339 e. The molecule has 18 heavy (non-hydrogen) atoms. The van der Waals surface area contributed by atoms with E-state index in [1.807, 2.05) is 18.2 Å². The molecule has 0 aliphatic heterocycles. The minimum Gasteiger partial charge on any atom is -0.467 e. The highest BCUT2D eigenvalue weighted by Crippen LogP contribution is 2.07. The lowest BCUT2D eigenvalue weighted by Crippen LogP contribution is -2.41. The van der Waals surface area contributed by atoms with E-state index in [1.54, 1.807) is 0 Å². The van der Waals surface area contributed by atoms with Crippen LogP contribution in [0, 0.1) is 0 Å². The van der Waals surface area contributed by atoms with Gasteiger partial charge in [-0.3, -0.25) is 0 Å². The van der Waals surface area contributed by atoms with Crippen molar-refractivity contribution in [2.75, 3.05) is 20.3 Å². The van der Waals surface area contributed by atoms with E-state index in [1.165, 1.54) is 19.6 Å². The first-order chi connectivity index (χ1) is 8.56. The van der Waals surface area contributed by atoms with Crippen LogP contribution >= 0.6 is 0 Å². The summed E-state index contributed by atoms with van der Waals surface area (Å²) in [6.07, 6.45) is 1.77. The van der Waals surface area contributed by atoms with Gasteiger partial charge in [-0.1, -0.05) is 30.3 Å². The third-order valence-corrected chi connectivity index (χ3v) is 2.61. The molecule has 0 saturated heterocycles. The summed E-state index contributed by atoms with van der Waals surface area (Å²) in [5.74, 6) is -0.675. The molecule has 1 unspecified atom stereocenters. The number of benzene rings is 1. The van der Waals surface area contributed by atoms with E-state index in [0.717, 1.165) is 12.8 Å². The van der Waals surface area contributed by atoms with Crippen LogP contribution in [-0.4, -0.2) is 37.0 Å². The smallest absolute Gasteiger partial charge is 0.339 e. The zero-order valence-electron chi connectivity index (χ0n) is 10.9. The number of carbonyl (C=O) groups excluding carboxylic acids is 1. The molecule has 100 valence electrons. The SMILES string of the molecule is COC(=O)C(C)(O)COCCCc1ccccc1. The third-order valence-electron chi connectivity index (χ3n) is 2.61. The standard InChI is InChI=1S/C14H20O4/c1-14(16,13(15)17-2)11-18-10-6-9-12-7-4-3-5-8-12/h3-5,7-8,16H,6,9-11H2,1-2H3. The van der Waals surface area contributed by atoms with Crippen LogP contribution in [0.1, 0.15) is 18.9 Å². The monoisotopic (exact) mass is 252 g/mol. The van der Waals surface area contributed by atoms with Crippen LogP contribution in [0.3, 0.4) is 0 Å². The molecular formula is C14H20O4. The first kappa shape index (κ1) is 14.7. The van der Waals surface area contributed by atoms with Crippen LogP contribution in [0.5, 0.6) is 0 Å². The van der Waals surface area contributed by atoms with Crippen LogP contribution < -0.4 is 0 Å². The lowest BCUT2D eigenvalue weighted by atomic mass is 10.1. The van der Waals surface area contributed by atoms with Crippen LogP contribution in [0.25, 0.3) is 0 Å². The molecule has 0 radical (unpaired) electrons. The Morgan fingerprint density at radius 2 is 2.00 bits per heavy atom. The molecule has 0 spiro atoms. The van der Waals surface area contributed by atoms with Gasteiger partial charge in [0.25, 0.3) is 0 Å².